The molecular formula is C13H16N6O2. The number of anilines is 2. The van der Waals surface area contributed by atoms with E-state index in [1.54, 1.807) is 12.4 Å². The highest BCUT2D eigenvalue weighted by Gasteiger charge is 2.19. The molecule has 8 nitrogen and oxygen atoms in total. The van der Waals surface area contributed by atoms with Crippen molar-refractivity contribution in [3.8, 4) is 0 Å². The zero-order chi connectivity index (χ0) is 15.2. The van der Waals surface area contributed by atoms with E-state index in [2.05, 4.69) is 25.6 Å². The summed E-state index contributed by atoms with van der Waals surface area (Å²) in [6.07, 6.45) is 4.55. The van der Waals surface area contributed by atoms with Crippen LogP contribution in [0, 0.1) is 10.1 Å². The Hall–Kier alpha value is -2.77. The molecule has 110 valence electrons. The summed E-state index contributed by atoms with van der Waals surface area (Å²) in [5, 5.41) is 17.0. The Morgan fingerprint density at radius 1 is 1.38 bits per heavy atom. The smallest absolute Gasteiger partial charge is 0.329 e. The van der Waals surface area contributed by atoms with E-state index < -0.39 is 4.92 Å². The van der Waals surface area contributed by atoms with Gasteiger partial charge in [-0.2, -0.15) is 4.98 Å². The second-order valence-electron chi connectivity index (χ2n) is 4.36. The molecule has 0 radical (unpaired) electrons. The van der Waals surface area contributed by atoms with Gasteiger partial charge in [-0.25, -0.2) is 4.98 Å². The number of aromatic nitrogens is 3. The average molecular weight is 288 g/mol. The van der Waals surface area contributed by atoms with Gasteiger partial charge in [0.1, 0.15) is 6.20 Å². The lowest BCUT2D eigenvalue weighted by Gasteiger charge is -2.15. The molecule has 2 rings (SSSR count). The van der Waals surface area contributed by atoms with Crippen LogP contribution in [0.25, 0.3) is 0 Å². The fraction of sp³-hybridized carbons (Fsp3) is 0.308. The lowest BCUT2D eigenvalue weighted by atomic mass is 10.1. The van der Waals surface area contributed by atoms with Crippen molar-refractivity contribution in [2.45, 2.75) is 19.9 Å². The van der Waals surface area contributed by atoms with Crippen LogP contribution in [-0.4, -0.2) is 26.4 Å². The Morgan fingerprint density at radius 3 is 2.71 bits per heavy atom. The standard InChI is InChI=1S/C13H16N6O2/c1-3-15-13-16-8-11(19(20)21)12(18-13)17-9(2)10-4-6-14-7-5-10/h4-9H,3H2,1-2H3,(H2,15,16,17,18). The minimum atomic E-state index is -0.503. The molecule has 0 aliphatic heterocycles. The van der Waals surface area contributed by atoms with E-state index in [1.165, 1.54) is 6.20 Å². The summed E-state index contributed by atoms with van der Waals surface area (Å²) in [6, 6.07) is 3.54. The van der Waals surface area contributed by atoms with Crippen LogP contribution in [0.5, 0.6) is 0 Å². The summed E-state index contributed by atoms with van der Waals surface area (Å²) in [7, 11) is 0. The van der Waals surface area contributed by atoms with Crippen molar-refractivity contribution in [2.24, 2.45) is 0 Å². The molecule has 0 bridgehead atoms. The van der Waals surface area contributed by atoms with Crippen LogP contribution in [0.15, 0.2) is 30.7 Å². The van der Waals surface area contributed by atoms with Crippen molar-refractivity contribution in [1.82, 2.24) is 15.0 Å². The molecule has 21 heavy (non-hydrogen) atoms. The average Bonchev–Trinajstić information content (AvgIpc) is 2.48. The van der Waals surface area contributed by atoms with E-state index in [0.29, 0.717) is 12.5 Å². The molecule has 2 aromatic rings. The predicted octanol–water partition coefficient (Wildman–Crippen LogP) is 2.38. The molecule has 1 atom stereocenters. The van der Waals surface area contributed by atoms with E-state index in [-0.39, 0.29) is 17.5 Å². The van der Waals surface area contributed by atoms with Gasteiger partial charge in [0.25, 0.3) is 0 Å². The minimum absolute atomic E-state index is 0.143. The largest absolute Gasteiger partial charge is 0.358 e. The van der Waals surface area contributed by atoms with E-state index in [4.69, 9.17) is 0 Å². The molecule has 1 unspecified atom stereocenters. The van der Waals surface area contributed by atoms with E-state index >= 15 is 0 Å². The van der Waals surface area contributed by atoms with Gasteiger partial charge in [0, 0.05) is 18.9 Å². The molecule has 2 aromatic heterocycles. The Kier molecular flexibility index (Phi) is 4.60. The van der Waals surface area contributed by atoms with Crippen molar-refractivity contribution in [3.05, 3.63) is 46.4 Å². The molecule has 2 N–H and O–H groups in total. The lowest BCUT2D eigenvalue weighted by molar-refractivity contribution is -0.384. The van der Waals surface area contributed by atoms with Crippen molar-refractivity contribution < 1.29 is 4.92 Å². The molecule has 0 saturated carbocycles. The van der Waals surface area contributed by atoms with Gasteiger partial charge in [-0.15, -0.1) is 0 Å². The minimum Gasteiger partial charge on any atom is -0.358 e. The van der Waals surface area contributed by atoms with E-state index in [1.807, 2.05) is 26.0 Å². The maximum Gasteiger partial charge on any atom is 0.329 e. The van der Waals surface area contributed by atoms with Gasteiger partial charge in [-0.1, -0.05) is 0 Å². The summed E-state index contributed by atoms with van der Waals surface area (Å²) in [5.41, 5.74) is 0.806. The molecule has 2 heterocycles. The summed E-state index contributed by atoms with van der Waals surface area (Å²) >= 11 is 0. The second-order valence-corrected chi connectivity index (χ2v) is 4.36. The molecule has 0 spiro atoms. The summed E-state index contributed by atoms with van der Waals surface area (Å²) in [4.78, 5) is 22.6. The third kappa shape index (κ3) is 3.62. The van der Waals surface area contributed by atoms with Crippen LogP contribution >= 0.6 is 0 Å². The highest BCUT2D eigenvalue weighted by atomic mass is 16.6. The van der Waals surface area contributed by atoms with Gasteiger partial charge in [0.15, 0.2) is 0 Å². The molecule has 8 heteroatoms. The number of nitrogens with one attached hydrogen (secondary N) is 2. The van der Waals surface area contributed by atoms with Gasteiger partial charge >= 0.3 is 5.69 Å². The molecule has 0 aliphatic rings. The Morgan fingerprint density at radius 2 is 2.10 bits per heavy atom. The lowest BCUT2D eigenvalue weighted by Crippen LogP contribution is -2.12. The number of pyridine rings is 1. The first-order valence-corrected chi connectivity index (χ1v) is 6.53. The molecule has 0 aliphatic carbocycles. The predicted molar refractivity (Wildman–Crippen MR) is 79.1 cm³/mol. The molecular weight excluding hydrogens is 272 g/mol. The SMILES string of the molecule is CCNc1ncc([N+](=O)[O-])c(NC(C)c2ccncc2)n1. The Labute approximate surface area is 121 Å². The zero-order valence-electron chi connectivity index (χ0n) is 11.8. The van der Waals surface area contributed by atoms with Crippen LogP contribution in [0.4, 0.5) is 17.5 Å². The highest BCUT2D eigenvalue weighted by molar-refractivity contribution is 5.57. The van der Waals surface area contributed by atoms with Crippen molar-refractivity contribution in [3.63, 3.8) is 0 Å². The summed E-state index contributed by atoms with van der Waals surface area (Å²) in [6.45, 7) is 4.43. The number of nitro groups is 1. The normalized spacial score (nSPS) is 11.7. The third-order valence-electron chi connectivity index (χ3n) is 2.86. The number of nitrogens with zero attached hydrogens (tertiary/aromatic N) is 4. The Balaban J connectivity index is 2.28. The second kappa shape index (κ2) is 6.60. The van der Waals surface area contributed by atoms with Crippen LogP contribution in [-0.2, 0) is 0 Å². The number of hydrogen-bond acceptors (Lipinski definition) is 7. The molecule has 0 fully saturated rings. The maximum atomic E-state index is 11.1. The first kappa shape index (κ1) is 14.6. The topological polar surface area (TPSA) is 106 Å². The van der Waals surface area contributed by atoms with Crippen molar-refractivity contribution >= 4 is 17.5 Å². The third-order valence-corrected chi connectivity index (χ3v) is 2.86. The summed E-state index contributed by atoms with van der Waals surface area (Å²) in [5.74, 6) is 0.544. The quantitative estimate of drug-likeness (QED) is 0.620. The van der Waals surface area contributed by atoms with Crippen molar-refractivity contribution in [2.75, 3.05) is 17.2 Å². The van der Waals surface area contributed by atoms with E-state index in [9.17, 15) is 10.1 Å². The van der Waals surface area contributed by atoms with Gasteiger partial charge in [-0.05, 0) is 31.5 Å². The Bertz CT molecular complexity index is 619. The van der Waals surface area contributed by atoms with Crippen LogP contribution in [0.1, 0.15) is 25.5 Å². The number of hydrogen-bond donors (Lipinski definition) is 2. The zero-order valence-corrected chi connectivity index (χ0v) is 11.8. The van der Waals surface area contributed by atoms with Crippen LogP contribution < -0.4 is 10.6 Å². The summed E-state index contributed by atoms with van der Waals surface area (Å²) < 4.78 is 0. The first-order chi connectivity index (χ1) is 10.1. The van der Waals surface area contributed by atoms with Crippen LogP contribution in [0.3, 0.4) is 0 Å². The van der Waals surface area contributed by atoms with Gasteiger partial charge < -0.3 is 10.6 Å². The monoisotopic (exact) mass is 288 g/mol. The highest BCUT2D eigenvalue weighted by Crippen LogP contribution is 2.26. The van der Waals surface area contributed by atoms with Gasteiger partial charge in [0.05, 0.1) is 11.0 Å². The molecule has 0 saturated heterocycles. The first-order valence-electron chi connectivity index (χ1n) is 6.53. The van der Waals surface area contributed by atoms with Gasteiger partial charge in [-0.3, -0.25) is 15.1 Å². The fourth-order valence-electron chi connectivity index (χ4n) is 1.80. The van der Waals surface area contributed by atoms with E-state index in [0.717, 1.165) is 5.56 Å². The fourth-order valence-corrected chi connectivity index (χ4v) is 1.80. The molecule has 0 aromatic carbocycles. The van der Waals surface area contributed by atoms with Crippen LogP contribution in [0.2, 0.25) is 0 Å². The maximum absolute atomic E-state index is 11.1. The van der Waals surface area contributed by atoms with Gasteiger partial charge in [0.2, 0.25) is 11.8 Å². The van der Waals surface area contributed by atoms with Crippen molar-refractivity contribution in [1.29, 1.82) is 0 Å². The number of rotatable bonds is 6. The molecule has 0 amide bonds.